The van der Waals surface area contributed by atoms with Crippen LogP contribution in [0.5, 0.6) is 0 Å². The minimum atomic E-state index is -0.611. The summed E-state index contributed by atoms with van der Waals surface area (Å²) in [6.07, 6.45) is -0.611. The van der Waals surface area contributed by atoms with Crippen LogP contribution in [0.15, 0.2) is 18.2 Å². The van der Waals surface area contributed by atoms with Crippen LogP contribution in [0.1, 0.15) is 5.56 Å². The Morgan fingerprint density at radius 1 is 1.55 bits per heavy atom. The molecule has 1 unspecified atom stereocenters. The van der Waals surface area contributed by atoms with Crippen molar-refractivity contribution in [1.82, 2.24) is 4.90 Å². The Kier molecular flexibility index (Phi) is 6.95. The van der Waals surface area contributed by atoms with E-state index in [2.05, 4.69) is 5.32 Å². The van der Waals surface area contributed by atoms with Crippen LogP contribution in [0.25, 0.3) is 0 Å². The number of nitrogens with zero attached hydrogens (tertiary/aromatic N) is 1. The number of ether oxygens (including phenoxy) is 1. The lowest BCUT2D eigenvalue weighted by Crippen LogP contribution is -2.37. The van der Waals surface area contributed by atoms with Crippen molar-refractivity contribution in [3.05, 3.63) is 28.8 Å². The molecule has 0 heterocycles. The van der Waals surface area contributed by atoms with Gasteiger partial charge in [-0.25, -0.2) is 0 Å². The maximum Gasteiger partial charge on any atom is 0.238 e. The Morgan fingerprint density at radius 2 is 2.25 bits per heavy atom. The minimum absolute atomic E-state index is 0.172. The molecular weight excluding hydrogens is 280 g/mol. The average Bonchev–Trinajstić information content (AvgIpc) is 2.34. The van der Waals surface area contributed by atoms with Crippen molar-refractivity contribution in [1.29, 1.82) is 0 Å². The van der Waals surface area contributed by atoms with Gasteiger partial charge in [-0.15, -0.1) is 0 Å². The molecule has 0 saturated heterocycles. The number of aliphatic hydroxyl groups is 1. The maximum absolute atomic E-state index is 11.9. The number of aliphatic hydroxyl groups excluding tert-OH is 1. The molecule has 5 nitrogen and oxygen atoms in total. The lowest BCUT2D eigenvalue weighted by atomic mass is 10.2. The van der Waals surface area contributed by atoms with Crippen molar-refractivity contribution < 1.29 is 14.6 Å². The number of hydrogen-bond donors (Lipinski definition) is 2. The van der Waals surface area contributed by atoms with Crippen LogP contribution < -0.4 is 5.32 Å². The number of anilines is 1. The van der Waals surface area contributed by atoms with E-state index in [0.717, 1.165) is 5.56 Å². The van der Waals surface area contributed by atoms with E-state index in [9.17, 15) is 9.90 Å². The first-order valence-corrected chi connectivity index (χ1v) is 6.72. The lowest BCUT2D eigenvalue weighted by molar-refractivity contribution is -0.117. The Balaban J connectivity index is 2.51. The highest BCUT2D eigenvalue weighted by Gasteiger charge is 2.13. The fourth-order valence-corrected chi connectivity index (χ4v) is 2.15. The second-order valence-corrected chi connectivity index (χ2v) is 5.19. The number of likely N-dealkylation sites (N-methyl/N-ethyl adjacent to an activating group) is 1. The zero-order valence-corrected chi connectivity index (χ0v) is 12.8. The van der Waals surface area contributed by atoms with Crippen molar-refractivity contribution in [2.24, 2.45) is 0 Å². The van der Waals surface area contributed by atoms with Crippen LogP contribution in [0.4, 0.5) is 5.69 Å². The van der Waals surface area contributed by atoms with E-state index in [4.69, 9.17) is 16.3 Å². The van der Waals surface area contributed by atoms with Gasteiger partial charge in [-0.2, -0.15) is 0 Å². The Morgan fingerprint density at radius 3 is 2.85 bits per heavy atom. The normalized spacial score (nSPS) is 12.5. The van der Waals surface area contributed by atoms with Crippen molar-refractivity contribution in [2.45, 2.75) is 13.0 Å². The Bertz CT molecular complexity index is 434. The van der Waals surface area contributed by atoms with Gasteiger partial charge in [0.25, 0.3) is 0 Å². The van der Waals surface area contributed by atoms with Gasteiger partial charge >= 0.3 is 0 Å². The van der Waals surface area contributed by atoms with Crippen molar-refractivity contribution >= 4 is 23.2 Å². The number of hydrogen-bond acceptors (Lipinski definition) is 4. The third-order valence-electron chi connectivity index (χ3n) is 2.78. The minimum Gasteiger partial charge on any atom is -0.389 e. The fraction of sp³-hybridized carbons (Fsp3) is 0.500. The van der Waals surface area contributed by atoms with Gasteiger partial charge in [0.2, 0.25) is 5.91 Å². The summed E-state index contributed by atoms with van der Waals surface area (Å²) in [5.41, 5.74) is 1.54. The Labute approximate surface area is 124 Å². The molecule has 0 radical (unpaired) electrons. The van der Waals surface area contributed by atoms with Gasteiger partial charge in [0.05, 0.1) is 30.0 Å². The molecule has 1 amide bonds. The molecule has 0 spiro atoms. The molecule has 2 N–H and O–H groups in total. The van der Waals surface area contributed by atoms with E-state index in [-0.39, 0.29) is 19.1 Å². The number of nitrogens with one attached hydrogen (secondary N) is 1. The van der Waals surface area contributed by atoms with Crippen molar-refractivity contribution in [3.63, 3.8) is 0 Å². The van der Waals surface area contributed by atoms with Crippen LogP contribution >= 0.6 is 11.6 Å². The summed E-state index contributed by atoms with van der Waals surface area (Å²) in [7, 11) is 3.29. The highest BCUT2D eigenvalue weighted by molar-refractivity contribution is 6.33. The molecule has 1 aromatic rings. The summed E-state index contributed by atoms with van der Waals surface area (Å²) in [4.78, 5) is 13.7. The molecule has 0 aliphatic heterocycles. The van der Waals surface area contributed by atoms with E-state index >= 15 is 0 Å². The van der Waals surface area contributed by atoms with Crippen LogP contribution in [0, 0.1) is 6.92 Å². The van der Waals surface area contributed by atoms with Gasteiger partial charge in [-0.1, -0.05) is 23.7 Å². The number of carbonyl (C=O) groups excluding carboxylic acids is 1. The zero-order valence-electron chi connectivity index (χ0n) is 12.0. The molecule has 20 heavy (non-hydrogen) atoms. The van der Waals surface area contributed by atoms with Gasteiger partial charge in [0, 0.05) is 13.7 Å². The van der Waals surface area contributed by atoms with Gasteiger partial charge in [-0.05, 0) is 25.6 Å². The summed E-state index contributed by atoms with van der Waals surface area (Å²) in [6.45, 7) is 2.66. The summed E-state index contributed by atoms with van der Waals surface area (Å²) < 4.78 is 4.84. The summed E-state index contributed by atoms with van der Waals surface area (Å²) >= 11 is 6.05. The number of amides is 1. The van der Waals surface area contributed by atoms with E-state index < -0.39 is 6.10 Å². The van der Waals surface area contributed by atoms with Gasteiger partial charge in [0.15, 0.2) is 0 Å². The van der Waals surface area contributed by atoms with Gasteiger partial charge < -0.3 is 15.2 Å². The van der Waals surface area contributed by atoms with E-state index in [1.165, 1.54) is 7.11 Å². The van der Waals surface area contributed by atoms with Crippen LogP contribution in [0.2, 0.25) is 5.02 Å². The fourth-order valence-electron chi connectivity index (χ4n) is 1.88. The molecule has 0 fully saturated rings. The molecule has 0 aliphatic rings. The van der Waals surface area contributed by atoms with Crippen LogP contribution in [-0.4, -0.2) is 55.9 Å². The highest BCUT2D eigenvalue weighted by atomic mass is 35.5. The summed E-state index contributed by atoms with van der Waals surface area (Å²) in [5, 5.41) is 12.9. The van der Waals surface area contributed by atoms with E-state index in [0.29, 0.717) is 17.3 Å². The molecule has 1 aromatic carbocycles. The molecule has 6 heteroatoms. The third-order valence-corrected chi connectivity index (χ3v) is 3.10. The number of methoxy groups -OCH3 is 1. The predicted octanol–water partition coefficient (Wildman–Crippen LogP) is 1.53. The third kappa shape index (κ3) is 5.46. The smallest absolute Gasteiger partial charge is 0.238 e. The number of carbonyl (C=O) groups is 1. The highest BCUT2D eigenvalue weighted by Crippen LogP contribution is 2.24. The van der Waals surface area contributed by atoms with Gasteiger partial charge in [0.1, 0.15) is 0 Å². The molecule has 1 atom stereocenters. The van der Waals surface area contributed by atoms with E-state index in [1.807, 2.05) is 19.1 Å². The first-order chi connectivity index (χ1) is 9.43. The van der Waals surface area contributed by atoms with Crippen molar-refractivity contribution in [2.75, 3.05) is 39.2 Å². The average molecular weight is 301 g/mol. The number of rotatable bonds is 7. The number of halogens is 1. The molecule has 0 aliphatic carbocycles. The second-order valence-electron chi connectivity index (χ2n) is 4.79. The monoisotopic (exact) mass is 300 g/mol. The molecule has 0 aromatic heterocycles. The Hall–Kier alpha value is -1.14. The van der Waals surface area contributed by atoms with Crippen molar-refractivity contribution in [3.8, 4) is 0 Å². The molecule has 0 saturated carbocycles. The standard InChI is InChI=1S/C14H21ClN2O3/c1-10-5-4-6-12(15)14(10)16-13(19)8-17(2)7-11(18)9-20-3/h4-6,11,18H,7-9H2,1-3H3,(H,16,19). The molecule has 112 valence electrons. The summed E-state index contributed by atoms with van der Waals surface area (Å²) in [6, 6.07) is 5.45. The van der Waals surface area contributed by atoms with Crippen LogP contribution in [0.3, 0.4) is 0 Å². The summed E-state index contributed by atoms with van der Waals surface area (Å²) in [5.74, 6) is -0.173. The number of aryl methyl sites for hydroxylation is 1. The number of para-hydroxylation sites is 1. The molecular formula is C14H21ClN2O3. The largest absolute Gasteiger partial charge is 0.389 e. The zero-order chi connectivity index (χ0) is 15.1. The first kappa shape index (κ1) is 16.9. The number of benzene rings is 1. The quantitative estimate of drug-likeness (QED) is 0.801. The van der Waals surface area contributed by atoms with E-state index in [1.54, 1.807) is 18.0 Å². The SMILES string of the molecule is COCC(O)CN(C)CC(=O)Nc1c(C)cccc1Cl. The first-order valence-electron chi connectivity index (χ1n) is 6.34. The molecule has 1 rings (SSSR count). The van der Waals surface area contributed by atoms with Crippen LogP contribution in [-0.2, 0) is 9.53 Å². The second kappa shape index (κ2) is 8.21. The topological polar surface area (TPSA) is 61.8 Å². The lowest BCUT2D eigenvalue weighted by Gasteiger charge is -2.20. The predicted molar refractivity (Wildman–Crippen MR) is 80.2 cm³/mol. The van der Waals surface area contributed by atoms with Gasteiger partial charge in [-0.3, -0.25) is 9.69 Å². The maximum atomic E-state index is 11.9. The molecule has 0 bridgehead atoms.